The maximum Gasteiger partial charge on any atom is 0.400 e. The molecule has 0 amide bonds. The molecule has 1 fully saturated rings. The van der Waals surface area contributed by atoms with E-state index in [-0.39, 0.29) is 0 Å². The highest BCUT2D eigenvalue weighted by atomic mass is 19.4. The number of alkyl halides is 6. The van der Waals surface area contributed by atoms with Crippen LogP contribution in [0.2, 0.25) is 0 Å². The molecule has 0 saturated heterocycles. The summed E-state index contributed by atoms with van der Waals surface area (Å²) >= 11 is 0. The zero-order chi connectivity index (χ0) is 13.8. The predicted octanol–water partition coefficient (Wildman–Crippen LogP) is 3.08. The van der Waals surface area contributed by atoms with Crippen molar-refractivity contribution in [3.63, 3.8) is 0 Å². The number of hydrogen-bond donors (Lipinski definition) is 1. The third-order valence-corrected chi connectivity index (χ3v) is 3.24. The van der Waals surface area contributed by atoms with Crippen molar-refractivity contribution in [2.45, 2.75) is 26.2 Å². The van der Waals surface area contributed by atoms with Crippen LogP contribution in [0.3, 0.4) is 0 Å². The van der Waals surface area contributed by atoms with E-state index in [4.69, 9.17) is 5.11 Å². The lowest BCUT2D eigenvalue weighted by Crippen LogP contribution is -2.39. The van der Waals surface area contributed by atoms with Gasteiger partial charge in [-0.05, 0) is 11.3 Å². The van der Waals surface area contributed by atoms with E-state index in [1.807, 2.05) is 0 Å². The zero-order valence-corrected chi connectivity index (χ0v) is 8.86. The number of hydrogen-bond acceptors (Lipinski definition) is 1. The molecule has 1 aliphatic rings. The van der Waals surface area contributed by atoms with Crippen LogP contribution >= 0.6 is 0 Å². The third kappa shape index (κ3) is 2.35. The van der Waals surface area contributed by atoms with Gasteiger partial charge in [-0.25, -0.2) is 0 Å². The van der Waals surface area contributed by atoms with Crippen LogP contribution in [-0.4, -0.2) is 23.4 Å². The van der Waals surface area contributed by atoms with E-state index in [2.05, 4.69) is 0 Å². The maximum absolute atomic E-state index is 12.4. The molecule has 1 N–H and O–H groups in total. The number of carboxylic acids is 1. The van der Waals surface area contributed by atoms with Gasteiger partial charge in [0.05, 0.1) is 5.92 Å². The summed E-state index contributed by atoms with van der Waals surface area (Å²) in [5, 5.41) is 8.60. The van der Waals surface area contributed by atoms with E-state index in [1.54, 1.807) is 0 Å². The van der Waals surface area contributed by atoms with Crippen molar-refractivity contribution in [2.24, 2.45) is 23.2 Å². The number of carboxylic acid groups (broad SMARTS) is 1. The summed E-state index contributed by atoms with van der Waals surface area (Å²) in [6, 6.07) is 0. The van der Waals surface area contributed by atoms with Gasteiger partial charge in [-0.15, -0.1) is 0 Å². The average molecular weight is 264 g/mol. The summed E-state index contributed by atoms with van der Waals surface area (Å²) in [7, 11) is 0. The molecule has 2 atom stereocenters. The van der Waals surface area contributed by atoms with Crippen molar-refractivity contribution in [1.82, 2.24) is 0 Å². The molecule has 0 aromatic rings. The standard InChI is InChI=1S/C9H10F6O2/c1-7(2)3(4(7)6(16)17)5(8(10,11)12)9(13,14)15/h3-5H,1-2H3,(H,16,17)/t3-,4-/m0/s1. The molecular weight excluding hydrogens is 254 g/mol. The fourth-order valence-corrected chi connectivity index (χ4v) is 2.36. The van der Waals surface area contributed by atoms with Crippen molar-refractivity contribution in [1.29, 1.82) is 0 Å². The van der Waals surface area contributed by atoms with Gasteiger partial charge in [0.25, 0.3) is 0 Å². The first-order valence-electron chi connectivity index (χ1n) is 4.67. The summed E-state index contributed by atoms with van der Waals surface area (Å²) < 4.78 is 74.2. The molecule has 1 saturated carbocycles. The first-order valence-corrected chi connectivity index (χ1v) is 4.67. The highest BCUT2D eigenvalue weighted by Gasteiger charge is 2.75. The lowest BCUT2D eigenvalue weighted by atomic mass is 9.96. The van der Waals surface area contributed by atoms with Crippen LogP contribution in [-0.2, 0) is 4.79 Å². The van der Waals surface area contributed by atoms with Gasteiger partial charge >= 0.3 is 18.3 Å². The van der Waals surface area contributed by atoms with Gasteiger partial charge in [0.2, 0.25) is 0 Å². The van der Waals surface area contributed by atoms with Crippen LogP contribution in [0.4, 0.5) is 26.3 Å². The summed E-state index contributed by atoms with van der Waals surface area (Å²) in [4.78, 5) is 10.6. The zero-order valence-electron chi connectivity index (χ0n) is 8.86. The number of carbonyl (C=O) groups is 1. The van der Waals surface area contributed by atoms with Gasteiger partial charge in [0, 0.05) is 0 Å². The van der Waals surface area contributed by atoms with E-state index in [0.717, 1.165) is 13.8 Å². The van der Waals surface area contributed by atoms with Crippen molar-refractivity contribution in [3.05, 3.63) is 0 Å². The fraction of sp³-hybridized carbons (Fsp3) is 0.889. The van der Waals surface area contributed by atoms with Crippen molar-refractivity contribution in [3.8, 4) is 0 Å². The van der Waals surface area contributed by atoms with Crippen LogP contribution in [0.5, 0.6) is 0 Å². The van der Waals surface area contributed by atoms with E-state index < -0.39 is 41.5 Å². The Hall–Kier alpha value is -0.950. The molecule has 0 heterocycles. The van der Waals surface area contributed by atoms with Gasteiger partial charge < -0.3 is 5.11 Å². The Morgan fingerprint density at radius 2 is 1.47 bits per heavy atom. The molecule has 1 aliphatic carbocycles. The number of aliphatic carboxylic acids is 1. The Kier molecular flexibility index (Phi) is 2.92. The summed E-state index contributed by atoms with van der Waals surface area (Å²) in [6.45, 7) is 2.20. The van der Waals surface area contributed by atoms with Gasteiger partial charge in [-0.1, -0.05) is 13.8 Å². The lowest BCUT2D eigenvalue weighted by molar-refractivity contribution is -0.293. The van der Waals surface area contributed by atoms with Crippen LogP contribution in [0.25, 0.3) is 0 Å². The molecule has 0 radical (unpaired) electrons. The van der Waals surface area contributed by atoms with Gasteiger partial charge in [0.15, 0.2) is 5.92 Å². The second-order valence-corrected chi connectivity index (χ2v) is 4.72. The van der Waals surface area contributed by atoms with Gasteiger partial charge in [-0.3, -0.25) is 4.79 Å². The second-order valence-electron chi connectivity index (χ2n) is 4.72. The third-order valence-electron chi connectivity index (χ3n) is 3.24. The predicted molar refractivity (Wildman–Crippen MR) is 44.0 cm³/mol. The van der Waals surface area contributed by atoms with Crippen LogP contribution in [0.15, 0.2) is 0 Å². The van der Waals surface area contributed by atoms with Crippen LogP contribution in [0.1, 0.15) is 13.8 Å². The molecule has 8 heteroatoms. The van der Waals surface area contributed by atoms with Crippen LogP contribution in [0, 0.1) is 23.2 Å². The minimum absolute atomic E-state index is 1.10. The first-order chi connectivity index (χ1) is 7.31. The van der Waals surface area contributed by atoms with Crippen LogP contribution < -0.4 is 0 Å². The highest BCUT2D eigenvalue weighted by molar-refractivity contribution is 5.75. The fourth-order valence-electron chi connectivity index (χ4n) is 2.36. The molecule has 100 valence electrons. The summed E-state index contributed by atoms with van der Waals surface area (Å²) in [6.07, 6.45) is -11.0. The minimum Gasteiger partial charge on any atom is -0.481 e. The summed E-state index contributed by atoms with van der Waals surface area (Å²) in [5.74, 6) is -8.78. The minimum atomic E-state index is -5.48. The molecule has 1 rings (SSSR count). The smallest absolute Gasteiger partial charge is 0.400 e. The van der Waals surface area contributed by atoms with Gasteiger partial charge in [0.1, 0.15) is 0 Å². The Balaban J connectivity index is 3.09. The first kappa shape index (κ1) is 14.1. The monoisotopic (exact) mass is 264 g/mol. The molecule has 17 heavy (non-hydrogen) atoms. The van der Waals surface area contributed by atoms with Crippen molar-refractivity contribution >= 4 is 5.97 Å². The molecule has 2 nitrogen and oxygen atoms in total. The molecule has 0 aliphatic heterocycles. The number of rotatable bonds is 2. The molecule has 0 aromatic heterocycles. The highest BCUT2D eigenvalue weighted by Crippen LogP contribution is 2.67. The van der Waals surface area contributed by atoms with E-state index in [9.17, 15) is 31.1 Å². The quantitative estimate of drug-likeness (QED) is 0.778. The molecule has 0 spiro atoms. The Morgan fingerprint density at radius 1 is 1.12 bits per heavy atom. The lowest BCUT2D eigenvalue weighted by Gasteiger charge is -2.24. The van der Waals surface area contributed by atoms with Gasteiger partial charge in [-0.2, -0.15) is 26.3 Å². The Bertz CT molecular complexity index is 315. The molecule has 0 unspecified atom stereocenters. The molecule has 0 bridgehead atoms. The maximum atomic E-state index is 12.4. The van der Waals surface area contributed by atoms with Crippen molar-refractivity contribution < 1.29 is 36.2 Å². The molecular formula is C9H10F6O2. The van der Waals surface area contributed by atoms with E-state index >= 15 is 0 Å². The van der Waals surface area contributed by atoms with E-state index in [0.29, 0.717) is 0 Å². The average Bonchev–Trinajstić information content (AvgIpc) is 2.46. The summed E-state index contributed by atoms with van der Waals surface area (Å²) in [5.41, 5.74) is -1.50. The SMILES string of the molecule is CC1(C)[C@H](C(=O)O)[C@H]1C(C(F)(F)F)C(F)(F)F. The second kappa shape index (κ2) is 3.52. The van der Waals surface area contributed by atoms with E-state index in [1.165, 1.54) is 0 Å². The topological polar surface area (TPSA) is 37.3 Å². The Labute approximate surface area is 92.6 Å². The Morgan fingerprint density at radius 3 is 1.65 bits per heavy atom. The van der Waals surface area contributed by atoms with Crippen molar-refractivity contribution in [2.75, 3.05) is 0 Å². The molecule has 0 aromatic carbocycles. The largest absolute Gasteiger partial charge is 0.481 e. The normalized spacial score (nSPS) is 28.3. The number of halogens is 6.